The Morgan fingerprint density at radius 2 is 1.52 bits per heavy atom. The Balaban J connectivity index is 1.76. The van der Waals surface area contributed by atoms with Crippen LogP contribution in [-0.2, 0) is 4.74 Å². The van der Waals surface area contributed by atoms with E-state index in [4.69, 9.17) is 9.72 Å². The maximum absolute atomic E-state index is 11.7. The van der Waals surface area contributed by atoms with Crippen molar-refractivity contribution in [1.82, 2.24) is 4.98 Å². The van der Waals surface area contributed by atoms with Gasteiger partial charge in [-0.05, 0) is 37.3 Å². The number of rotatable bonds is 4. The van der Waals surface area contributed by atoms with E-state index < -0.39 is 6.09 Å². The van der Waals surface area contributed by atoms with Gasteiger partial charge in [-0.3, -0.25) is 5.32 Å². The number of ether oxygens (including phenoxy) is 1. The molecule has 5 heteroatoms. The minimum absolute atomic E-state index is 0.332. The summed E-state index contributed by atoms with van der Waals surface area (Å²) in [5.74, 6) is 0. The van der Waals surface area contributed by atoms with Crippen LogP contribution in [0.2, 0.25) is 0 Å². The number of carbonyl (C=O) groups excluding carboxylic acids is 1. The van der Waals surface area contributed by atoms with Crippen LogP contribution in [0.25, 0.3) is 21.8 Å². The van der Waals surface area contributed by atoms with Crippen LogP contribution in [0.3, 0.4) is 0 Å². The van der Waals surface area contributed by atoms with Crippen molar-refractivity contribution in [2.24, 2.45) is 0 Å². The Labute approximate surface area is 157 Å². The molecule has 0 saturated carbocycles. The van der Waals surface area contributed by atoms with E-state index in [-0.39, 0.29) is 0 Å². The van der Waals surface area contributed by atoms with E-state index in [1.54, 1.807) is 6.92 Å². The normalized spacial score (nSPS) is 10.7. The fourth-order valence-electron chi connectivity index (χ4n) is 3.08. The highest BCUT2D eigenvalue weighted by molar-refractivity contribution is 6.08. The first kappa shape index (κ1) is 16.8. The van der Waals surface area contributed by atoms with E-state index in [1.165, 1.54) is 0 Å². The molecule has 1 heterocycles. The number of carbonyl (C=O) groups is 1. The number of pyridine rings is 1. The van der Waals surface area contributed by atoms with Crippen molar-refractivity contribution in [1.29, 1.82) is 0 Å². The predicted octanol–water partition coefficient (Wildman–Crippen LogP) is 5.70. The van der Waals surface area contributed by atoms with Crippen molar-refractivity contribution in [3.05, 3.63) is 72.8 Å². The number of amides is 1. The zero-order chi connectivity index (χ0) is 18.6. The van der Waals surface area contributed by atoms with Crippen molar-refractivity contribution in [2.45, 2.75) is 6.92 Å². The molecule has 5 nitrogen and oxygen atoms in total. The molecule has 0 aliphatic rings. The van der Waals surface area contributed by atoms with E-state index in [9.17, 15) is 4.79 Å². The predicted molar refractivity (Wildman–Crippen MR) is 110 cm³/mol. The molecule has 0 aliphatic carbocycles. The standard InChI is InChI=1S/C22H19N3O2/c1-2-27-22(26)24-16-9-7-8-15(14-16)23-21-17-10-3-5-12-19(17)25-20-13-6-4-11-18(20)21/h3-14H,2H2,1H3,(H,23,25)(H,24,26). The Bertz CT molecular complexity index is 1070. The van der Waals surface area contributed by atoms with Gasteiger partial charge in [0.2, 0.25) is 0 Å². The second-order valence-corrected chi connectivity index (χ2v) is 6.07. The van der Waals surface area contributed by atoms with E-state index in [1.807, 2.05) is 60.7 Å². The van der Waals surface area contributed by atoms with Gasteiger partial charge in [0.15, 0.2) is 0 Å². The SMILES string of the molecule is CCOC(=O)Nc1cccc(Nc2c3ccccc3nc3ccccc23)c1. The molecule has 134 valence electrons. The second kappa shape index (κ2) is 7.33. The summed E-state index contributed by atoms with van der Waals surface area (Å²) in [4.78, 5) is 16.4. The lowest BCUT2D eigenvalue weighted by Gasteiger charge is -2.14. The molecule has 3 aromatic carbocycles. The molecule has 0 bridgehead atoms. The lowest BCUT2D eigenvalue weighted by atomic mass is 10.1. The summed E-state index contributed by atoms with van der Waals surface area (Å²) in [6.45, 7) is 2.11. The highest BCUT2D eigenvalue weighted by Crippen LogP contribution is 2.33. The fourth-order valence-corrected chi connectivity index (χ4v) is 3.08. The number of hydrogen-bond donors (Lipinski definition) is 2. The van der Waals surface area contributed by atoms with Crippen LogP contribution in [0, 0.1) is 0 Å². The van der Waals surface area contributed by atoms with Crippen LogP contribution in [-0.4, -0.2) is 17.7 Å². The highest BCUT2D eigenvalue weighted by Gasteiger charge is 2.09. The third kappa shape index (κ3) is 3.53. The Kier molecular flexibility index (Phi) is 4.58. The molecule has 4 rings (SSSR count). The lowest BCUT2D eigenvalue weighted by molar-refractivity contribution is 0.168. The van der Waals surface area contributed by atoms with Gasteiger partial charge in [0.1, 0.15) is 0 Å². The molecular formula is C22H19N3O2. The van der Waals surface area contributed by atoms with Gasteiger partial charge in [0.05, 0.1) is 23.3 Å². The number of fused-ring (bicyclic) bond motifs is 2. The van der Waals surface area contributed by atoms with Gasteiger partial charge in [-0.2, -0.15) is 0 Å². The Morgan fingerprint density at radius 3 is 2.19 bits per heavy atom. The van der Waals surface area contributed by atoms with Crippen molar-refractivity contribution in [3.8, 4) is 0 Å². The van der Waals surface area contributed by atoms with E-state index in [0.717, 1.165) is 33.2 Å². The zero-order valence-electron chi connectivity index (χ0n) is 14.9. The van der Waals surface area contributed by atoms with Crippen LogP contribution in [0.1, 0.15) is 6.92 Å². The maximum atomic E-state index is 11.7. The third-order valence-electron chi connectivity index (χ3n) is 4.24. The van der Waals surface area contributed by atoms with Crippen molar-refractivity contribution in [2.75, 3.05) is 17.2 Å². The molecule has 1 aromatic heterocycles. The lowest BCUT2D eigenvalue weighted by Crippen LogP contribution is -2.13. The molecule has 0 radical (unpaired) electrons. The van der Waals surface area contributed by atoms with Crippen molar-refractivity contribution in [3.63, 3.8) is 0 Å². The minimum atomic E-state index is -0.463. The highest BCUT2D eigenvalue weighted by atomic mass is 16.5. The van der Waals surface area contributed by atoms with Gasteiger partial charge >= 0.3 is 6.09 Å². The van der Waals surface area contributed by atoms with Gasteiger partial charge in [-0.15, -0.1) is 0 Å². The summed E-state index contributed by atoms with van der Waals surface area (Å²) in [6, 6.07) is 23.6. The van der Waals surface area contributed by atoms with E-state index in [0.29, 0.717) is 12.3 Å². The Morgan fingerprint density at radius 1 is 0.889 bits per heavy atom. The maximum Gasteiger partial charge on any atom is 0.411 e. The summed E-state index contributed by atoms with van der Waals surface area (Å²) in [5, 5.41) is 8.32. The minimum Gasteiger partial charge on any atom is -0.450 e. The van der Waals surface area contributed by atoms with Gasteiger partial charge in [-0.1, -0.05) is 42.5 Å². The number of nitrogens with zero attached hydrogens (tertiary/aromatic N) is 1. The van der Waals surface area contributed by atoms with E-state index >= 15 is 0 Å². The fraction of sp³-hybridized carbons (Fsp3) is 0.0909. The summed E-state index contributed by atoms with van der Waals surface area (Å²) in [6.07, 6.45) is -0.463. The smallest absolute Gasteiger partial charge is 0.411 e. The molecule has 1 amide bonds. The number of anilines is 3. The molecule has 2 N–H and O–H groups in total. The van der Waals surface area contributed by atoms with Crippen LogP contribution in [0.4, 0.5) is 21.9 Å². The molecule has 0 fully saturated rings. The number of hydrogen-bond acceptors (Lipinski definition) is 4. The quantitative estimate of drug-likeness (QED) is 0.460. The molecule has 0 atom stereocenters. The average Bonchev–Trinajstić information content (AvgIpc) is 2.68. The molecular weight excluding hydrogens is 338 g/mol. The number of benzene rings is 3. The van der Waals surface area contributed by atoms with Gasteiger partial charge in [0.25, 0.3) is 0 Å². The van der Waals surface area contributed by atoms with Crippen LogP contribution >= 0.6 is 0 Å². The summed E-state index contributed by atoms with van der Waals surface area (Å²) >= 11 is 0. The monoisotopic (exact) mass is 357 g/mol. The third-order valence-corrected chi connectivity index (χ3v) is 4.24. The molecule has 0 unspecified atom stereocenters. The van der Waals surface area contributed by atoms with Crippen LogP contribution in [0.5, 0.6) is 0 Å². The first-order valence-electron chi connectivity index (χ1n) is 8.83. The summed E-state index contributed by atoms with van der Waals surface area (Å²) in [5.41, 5.74) is 4.38. The topological polar surface area (TPSA) is 63.2 Å². The first-order chi connectivity index (χ1) is 13.2. The first-order valence-corrected chi connectivity index (χ1v) is 8.83. The average molecular weight is 357 g/mol. The summed E-state index contributed by atoms with van der Waals surface area (Å²) < 4.78 is 4.94. The van der Waals surface area contributed by atoms with Crippen LogP contribution in [0.15, 0.2) is 72.8 Å². The number of nitrogens with one attached hydrogen (secondary N) is 2. The van der Waals surface area contributed by atoms with Crippen molar-refractivity contribution < 1.29 is 9.53 Å². The van der Waals surface area contributed by atoms with E-state index in [2.05, 4.69) is 22.8 Å². The molecule has 0 saturated heterocycles. The molecule has 27 heavy (non-hydrogen) atoms. The molecule has 0 spiro atoms. The second-order valence-electron chi connectivity index (χ2n) is 6.07. The number of aromatic nitrogens is 1. The van der Waals surface area contributed by atoms with Gasteiger partial charge < -0.3 is 10.1 Å². The molecule has 4 aromatic rings. The van der Waals surface area contributed by atoms with Crippen molar-refractivity contribution >= 4 is 45.0 Å². The Hall–Kier alpha value is -3.60. The van der Waals surface area contributed by atoms with Gasteiger partial charge in [0, 0.05) is 22.1 Å². The van der Waals surface area contributed by atoms with Crippen LogP contribution < -0.4 is 10.6 Å². The summed E-state index contributed by atoms with van der Waals surface area (Å²) in [7, 11) is 0. The molecule has 0 aliphatic heterocycles. The van der Waals surface area contributed by atoms with Gasteiger partial charge in [-0.25, -0.2) is 9.78 Å². The number of para-hydroxylation sites is 2. The largest absolute Gasteiger partial charge is 0.450 e. The zero-order valence-corrected chi connectivity index (χ0v) is 14.9.